The first-order valence-corrected chi connectivity index (χ1v) is 6.85. The van der Waals surface area contributed by atoms with E-state index in [9.17, 15) is 12.9 Å². The van der Waals surface area contributed by atoms with Crippen molar-refractivity contribution in [3.63, 3.8) is 0 Å². The zero-order valence-electron chi connectivity index (χ0n) is 10.2. The molecule has 0 aliphatic carbocycles. The Balaban J connectivity index is 2.02. The molecule has 0 aromatic heterocycles. The van der Waals surface area contributed by atoms with Gasteiger partial charge in [0.1, 0.15) is 0 Å². The molecule has 19 heavy (non-hydrogen) atoms. The standard InChI is InChI=1S/C12H13BF3O2S/c1-9(13(14,15)16)8-19-10-3-4-11-12(7-10)18-6-2-5-17-11/h3-4,7H,1-2,5-6,8H2/q-1. The molecule has 7 heteroatoms. The molecule has 2 rings (SSSR count). The summed E-state index contributed by atoms with van der Waals surface area (Å²) in [4.78, 5) is 0.713. The predicted molar refractivity (Wildman–Crippen MR) is 71.0 cm³/mol. The highest BCUT2D eigenvalue weighted by Gasteiger charge is 2.26. The van der Waals surface area contributed by atoms with E-state index in [2.05, 4.69) is 6.58 Å². The van der Waals surface area contributed by atoms with E-state index in [0.717, 1.165) is 18.2 Å². The minimum absolute atomic E-state index is 0.164. The predicted octanol–water partition coefficient (Wildman–Crippen LogP) is 3.88. The van der Waals surface area contributed by atoms with Gasteiger partial charge in [-0.25, -0.2) is 0 Å². The summed E-state index contributed by atoms with van der Waals surface area (Å²) in [6.45, 7) is -0.745. The van der Waals surface area contributed by atoms with Gasteiger partial charge in [-0.2, -0.15) is 0 Å². The van der Waals surface area contributed by atoms with Gasteiger partial charge in [-0.15, -0.1) is 23.8 Å². The average molecular weight is 289 g/mol. The highest BCUT2D eigenvalue weighted by Crippen LogP contribution is 2.35. The summed E-state index contributed by atoms with van der Waals surface area (Å²) in [7, 11) is 0. The summed E-state index contributed by atoms with van der Waals surface area (Å²) < 4.78 is 48.1. The zero-order chi connectivity index (χ0) is 13.9. The van der Waals surface area contributed by atoms with Crippen LogP contribution in [0.4, 0.5) is 12.9 Å². The molecule has 0 atom stereocenters. The highest BCUT2D eigenvalue weighted by molar-refractivity contribution is 7.99. The van der Waals surface area contributed by atoms with Crippen molar-refractivity contribution in [1.29, 1.82) is 0 Å². The quantitative estimate of drug-likeness (QED) is 0.619. The normalized spacial score (nSPS) is 14.9. The molecule has 0 radical (unpaired) electrons. The molecule has 1 aromatic carbocycles. The van der Waals surface area contributed by atoms with Crippen LogP contribution in [0, 0.1) is 0 Å². The maximum atomic E-state index is 12.4. The fourth-order valence-electron chi connectivity index (χ4n) is 1.50. The van der Waals surface area contributed by atoms with Crippen molar-refractivity contribution in [2.24, 2.45) is 0 Å². The van der Waals surface area contributed by atoms with Crippen molar-refractivity contribution in [3.05, 3.63) is 30.3 Å². The maximum absolute atomic E-state index is 12.4. The van der Waals surface area contributed by atoms with Crippen LogP contribution in [0.1, 0.15) is 6.42 Å². The van der Waals surface area contributed by atoms with Crippen molar-refractivity contribution in [2.75, 3.05) is 19.0 Å². The molecular formula is C12H13BF3O2S-. The van der Waals surface area contributed by atoms with Crippen LogP contribution in [-0.2, 0) is 0 Å². The molecule has 0 saturated carbocycles. The number of hydrogen-bond acceptors (Lipinski definition) is 3. The van der Waals surface area contributed by atoms with Crippen LogP contribution in [-0.4, -0.2) is 25.9 Å². The Hall–Kier alpha value is -1.24. The van der Waals surface area contributed by atoms with Crippen molar-refractivity contribution in [3.8, 4) is 11.5 Å². The van der Waals surface area contributed by atoms with Gasteiger partial charge in [-0.05, 0) is 24.0 Å². The first-order valence-electron chi connectivity index (χ1n) is 5.87. The molecule has 104 valence electrons. The number of fused-ring (bicyclic) bond motifs is 1. The van der Waals surface area contributed by atoms with Gasteiger partial charge in [-0.3, -0.25) is 0 Å². The van der Waals surface area contributed by atoms with E-state index in [-0.39, 0.29) is 5.75 Å². The van der Waals surface area contributed by atoms with Gasteiger partial charge in [0.25, 0.3) is 0 Å². The third kappa shape index (κ3) is 3.86. The van der Waals surface area contributed by atoms with E-state index < -0.39 is 12.4 Å². The molecule has 1 aromatic rings. The molecule has 0 spiro atoms. The van der Waals surface area contributed by atoms with Gasteiger partial charge in [0, 0.05) is 11.3 Å². The largest absolute Gasteiger partial charge is 0.505 e. The Bertz CT molecular complexity index is 477. The second-order valence-corrected chi connectivity index (χ2v) is 5.23. The Morgan fingerprint density at radius 1 is 1.21 bits per heavy atom. The SMILES string of the molecule is C=C(CSc1ccc2c(c1)OCCCO2)[B-](F)(F)F. The fourth-order valence-corrected chi connectivity index (χ4v) is 2.40. The van der Waals surface area contributed by atoms with Crippen molar-refractivity contribution < 1.29 is 22.4 Å². The second-order valence-electron chi connectivity index (χ2n) is 4.18. The van der Waals surface area contributed by atoms with Crippen LogP contribution in [0.15, 0.2) is 35.1 Å². The van der Waals surface area contributed by atoms with E-state index in [1.165, 1.54) is 0 Å². The fraction of sp³-hybridized carbons (Fsp3) is 0.333. The van der Waals surface area contributed by atoms with Crippen LogP contribution in [0.2, 0.25) is 0 Å². The Morgan fingerprint density at radius 2 is 1.89 bits per heavy atom. The van der Waals surface area contributed by atoms with Gasteiger partial charge < -0.3 is 22.4 Å². The molecule has 0 bridgehead atoms. The molecule has 2 nitrogen and oxygen atoms in total. The lowest BCUT2D eigenvalue weighted by molar-refractivity contribution is 0.297. The first kappa shape index (κ1) is 14.2. The molecule has 0 unspecified atom stereocenters. The lowest BCUT2D eigenvalue weighted by Crippen LogP contribution is -2.20. The third-order valence-corrected chi connectivity index (χ3v) is 3.71. The number of thioether (sulfide) groups is 1. The van der Waals surface area contributed by atoms with Gasteiger partial charge in [0.2, 0.25) is 0 Å². The molecule has 1 heterocycles. The molecule has 0 N–H and O–H groups in total. The molecule has 1 aliphatic heterocycles. The number of halogens is 3. The number of ether oxygens (including phenoxy) is 2. The van der Waals surface area contributed by atoms with Crippen molar-refractivity contribution in [1.82, 2.24) is 0 Å². The highest BCUT2D eigenvalue weighted by atomic mass is 32.2. The van der Waals surface area contributed by atoms with Gasteiger partial charge in [0.05, 0.1) is 13.2 Å². The lowest BCUT2D eigenvalue weighted by Gasteiger charge is -2.17. The van der Waals surface area contributed by atoms with E-state index in [4.69, 9.17) is 9.47 Å². The molecule has 0 fully saturated rings. The van der Waals surface area contributed by atoms with Gasteiger partial charge >= 0.3 is 6.98 Å². The van der Waals surface area contributed by atoms with Gasteiger partial charge in [-0.1, -0.05) is 0 Å². The van der Waals surface area contributed by atoms with Crippen molar-refractivity contribution >= 4 is 18.7 Å². The lowest BCUT2D eigenvalue weighted by atomic mass is 9.82. The number of benzene rings is 1. The second kappa shape index (κ2) is 5.82. The minimum atomic E-state index is -4.96. The number of hydrogen-bond donors (Lipinski definition) is 0. The average Bonchev–Trinajstić information content (AvgIpc) is 2.59. The van der Waals surface area contributed by atoms with Gasteiger partial charge in [0.15, 0.2) is 11.5 Å². The summed E-state index contributed by atoms with van der Waals surface area (Å²) in [6, 6.07) is 5.17. The summed E-state index contributed by atoms with van der Waals surface area (Å²) >= 11 is 1.10. The molecule has 1 aliphatic rings. The smallest absolute Gasteiger partial charge is 0.490 e. The summed E-state index contributed by atoms with van der Waals surface area (Å²) in [5, 5.41) is 0. The molecule has 0 saturated heterocycles. The summed E-state index contributed by atoms with van der Waals surface area (Å²) in [5.41, 5.74) is -0.683. The zero-order valence-corrected chi connectivity index (χ0v) is 11.0. The first-order chi connectivity index (χ1) is 8.97. The van der Waals surface area contributed by atoms with E-state index in [1.807, 2.05) is 0 Å². The van der Waals surface area contributed by atoms with Crippen LogP contribution in [0.5, 0.6) is 11.5 Å². The van der Waals surface area contributed by atoms with E-state index in [1.54, 1.807) is 18.2 Å². The van der Waals surface area contributed by atoms with Crippen LogP contribution >= 0.6 is 11.8 Å². The topological polar surface area (TPSA) is 18.5 Å². The molecule has 0 amide bonds. The Morgan fingerprint density at radius 3 is 2.58 bits per heavy atom. The molecular weight excluding hydrogens is 276 g/mol. The summed E-state index contributed by atoms with van der Waals surface area (Å²) in [5.74, 6) is 1.06. The monoisotopic (exact) mass is 289 g/mol. The summed E-state index contributed by atoms with van der Waals surface area (Å²) in [6.07, 6.45) is 0.796. The van der Waals surface area contributed by atoms with E-state index in [0.29, 0.717) is 29.6 Å². The maximum Gasteiger partial charge on any atom is 0.505 e. The van der Waals surface area contributed by atoms with Crippen LogP contribution < -0.4 is 9.47 Å². The van der Waals surface area contributed by atoms with E-state index >= 15 is 0 Å². The number of rotatable bonds is 4. The van der Waals surface area contributed by atoms with Crippen LogP contribution in [0.25, 0.3) is 0 Å². The Labute approximate surface area is 114 Å². The Kier molecular flexibility index (Phi) is 4.34. The van der Waals surface area contributed by atoms with Crippen LogP contribution in [0.3, 0.4) is 0 Å². The minimum Gasteiger partial charge on any atom is -0.490 e. The third-order valence-electron chi connectivity index (χ3n) is 2.61. The van der Waals surface area contributed by atoms with Crippen molar-refractivity contribution in [2.45, 2.75) is 11.3 Å².